The van der Waals surface area contributed by atoms with Crippen molar-refractivity contribution in [2.45, 2.75) is 0 Å². The monoisotopic (exact) mass is 351 g/mol. The van der Waals surface area contributed by atoms with Crippen LogP contribution in [-0.2, 0) is 4.79 Å². The number of nitrogens with one attached hydrogen (secondary N) is 2. The van der Waals surface area contributed by atoms with Gasteiger partial charge in [0.15, 0.2) is 0 Å². The SMILES string of the molecule is N#C/C(=C/NC(=O)c1ccc(N)cc1)C(=O)Nc1ccc([N+](=O)[O-])cc1. The van der Waals surface area contributed by atoms with Gasteiger partial charge in [0.1, 0.15) is 11.6 Å². The first-order valence-corrected chi connectivity index (χ1v) is 7.23. The molecule has 0 unspecified atom stereocenters. The van der Waals surface area contributed by atoms with E-state index in [1.165, 1.54) is 36.4 Å². The van der Waals surface area contributed by atoms with Crippen molar-refractivity contribution in [3.63, 3.8) is 0 Å². The van der Waals surface area contributed by atoms with E-state index in [4.69, 9.17) is 11.0 Å². The fourth-order valence-corrected chi connectivity index (χ4v) is 1.87. The summed E-state index contributed by atoms with van der Waals surface area (Å²) < 4.78 is 0. The Hall–Kier alpha value is -4.19. The van der Waals surface area contributed by atoms with Crippen LogP contribution in [0.2, 0.25) is 0 Å². The lowest BCUT2D eigenvalue weighted by molar-refractivity contribution is -0.384. The molecule has 4 N–H and O–H groups in total. The molecule has 2 rings (SSSR count). The number of carbonyl (C=O) groups is 2. The number of nitrogens with zero attached hydrogens (tertiary/aromatic N) is 2. The third-order valence-electron chi connectivity index (χ3n) is 3.22. The number of nitrogens with two attached hydrogens (primary N) is 1. The second kappa shape index (κ2) is 8.07. The average molecular weight is 351 g/mol. The van der Waals surface area contributed by atoms with Gasteiger partial charge >= 0.3 is 0 Å². The van der Waals surface area contributed by atoms with Crippen molar-refractivity contribution in [3.05, 3.63) is 76.0 Å². The highest BCUT2D eigenvalue weighted by atomic mass is 16.6. The van der Waals surface area contributed by atoms with E-state index in [2.05, 4.69) is 10.6 Å². The standard InChI is InChI=1S/C17H13N5O4/c18-9-12(10-20-16(23)11-1-3-13(19)4-2-11)17(24)21-14-5-7-15(8-6-14)22(25)26/h1-8,10H,19H2,(H,20,23)(H,21,24)/b12-10-. The molecule has 2 aromatic rings. The number of non-ortho nitro benzene ring substituents is 1. The van der Waals surface area contributed by atoms with Gasteiger partial charge in [0.25, 0.3) is 17.5 Å². The number of nitriles is 1. The van der Waals surface area contributed by atoms with Gasteiger partial charge in [-0.25, -0.2) is 0 Å². The maximum atomic E-state index is 12.1. The van der Waals surface area contributed by atoms with Gasteiger partial charge < -0.3 is 16.4 Å². The van der Waals surface area contributed by atoms with E-state index >= 15 is 0 Å². The van der Waals surface area contributed by atoms with E-state index in [1.807, 2.05) is 0 Å². The van der Waals surface area contributed by atoms with Gasteiger partial charge in [0.05, 0.1) is 4.92 Å². The molecular weight excluding hydrogens is 338 g/mol. The summed E-state index contributed by atoms with van der Waals surface area (Å²) >= 11 is 0. The van der Waals surface area contributed by atoms with E-state index in [1.54, 1.807) is 18.2 Å². The molecule has 9 nitrogen and oxygen atoms in total. The van der Waals surface area contributed by atoms with E-state index in [0.29, 0.717) is 11.3 Å². The number of benzene rings is 2. The molecule has 0 spiro atoms. The van der Waals surface area contributed by atoms with Crippen molar-refractivity contribution < 1.29 is 14.5 Å². The molecule has 0 saturated heterocycles. The first-order valence-electron chi connectivity index (χ1n) is 7.23. The van der Waals surface area contributed by atoms with Crippen molar-refractivity contribution in [2.75, 3.05) is 11.1 Å². The summed E-state index contributed by atoms with van der Waals surface area (Å²) in [5.74, 6) is -1.28. The van der Waals surface area contributed by atoms with Crippen LogP contribution in [0.25, 0.3) is 0 Å². The maximum absolute atomic E-state index is 12.1. The average Bonchev–Trinajstić information content (AvgIpc) is 2.63. The molecule has 0 aliphatic rings. The zero-order chi connectivity index (χ0) is 19.1. The van der Waals surface area contributed by atoms with Crippen molar-refractivity contribution >= 4 is 28.9 Å². The lowest BCUT2D eigenvalue weighted by Gasteiger charge is -2.05. The topological polar surface area (TPSA) is 151 Å². The van der Waals surface area contributed by atoms with Crippen molar-refractivity contribution in [2.24, 2.45) is 0 Å². The molecule has 0 bridgehead atoms. The van der Waals surface area contributed by atoms with Gasteiger partial charge in [-0.1, -0.05) is 0 Å². The lowest BCUT2D eigenvalue weighted by Crippen LogP contribution is -2.21. The largest absolute Gasteiger partial charge is 0.399 e. The zero-order valence-electron chi connectivity index (χ0n) is 13.3. The van der Waals surface area contributed by atoms with Crippen LogP contribution in [0.1, 0.15) is 10.4 Å². The first kappa shape index (κ1) is 18.2. The Bertz CT molecular complexity index is 912. The minimum atomic E-state index is -0.765. The fourth-order valence-electron chi connectivity index (χ4n) is 1.87. The maximum Gasteiger partial charge on any atom is 0.269 e. The number of hydrogen-bond donors (Lipinski definition) is 3. The van der Waals surface area contributed by atoms with Crippen LogP contribution >= 0.6 is 0 Å². The number of carbonyl (C=O) groups excluding carboxylic acids is 2. The predicted molar refractivity (Wildman–Crippen MR) is 93.7 cm³/mol. The van der Waals surface area contributed by atoms with Gasteiger partial charge in [0, 0.05) is 35.3 Å². The fraction of sp³-hybridized carbons (Fsp3) is 0. The van der Waals surface area contributed by atoms with E-state index < -0.39 is 16.7 Å². The molecule has 0 saturated carbocycles. The molecule has 130 valence electrons. The van der Waals surface area contributed by atoms with Crippen LogP contribution < -0.4 is 16.4 Å². The third kappa shape index (κ3) is 4.65. The molecule has 0 fully saturated rings. The molecule has 2 amide bonds. The zero-order valence-corrected chi connectivity index (χ0v) is 13.3. The van der Waals surface area contributed by atoms with E-state index in [0.717, 1.165) is 6.20 Å². The molecule has 0 atom stereocenters. The van der Waals surface area contributed by atoms with Crippen LogP contribution in [0.15, 0.2) is 60.3 Å². The molecule has 0 aromatic heterocycles. The van der Waals surface area contributed by atoms with Gasteiger partial charge in [-0.15, -0.1) is 0 Å². The Morgan fingerprint density at radius 1 is 1.12 bits per heavy atom. The second-order valence-corrected chi connectivity index (χ2v) is 5.02. The number of amides is 2. The summed E-state index contributed by atoms with van der Waals surface area (Å²) in [4.78, 5) is 34.0. The molecular formula is C17H13N5O4. The predicted octanol–water partition coefficient (Wildman–Crippen LogP) is 1.95. The summed E-state index contributed by atoms with van der Waals surface area (Å²) in [6, 6.07) is 12.9. The minimum Gasteiger partial charge on any atom is -0.399 e. The molecule has 0 heterocycles. The van der Waals surface area contributed by atoms with E-state index in [9.17, 15) is 19.7 Å². The molecule has 0 radical (unpaired) electrons. The summed E-state index contributed by atoms with van der Waals surface area (Å²) in [7, 11) is 0. The van der Waals surface area contributed by atoms with Gasteiger partial charge in [-0.2, -0.15) is 5.26 Å². The van der Waals surface area contributed by atoms with Crippen LogP contribution in [0.3, 0.4) is 0 Å². The molecule has 9 heteroatoms. The number of nitro benzene ring substituents is 1. The van der Waals surface area contributed by atoms with Crippen molar-refractivity contribution in [1.82, 2.24) is 5.32 Å². The van der Waals surface area contributed by atoms with Gasteiger partial charge in [0.2, 0.25) is 0 Å². The normalized spacial score (nSPS) is 10.5. The summed E-state index contributed by atoms with van der Waals surface area (Å²) in [5, 5.41) is 24.4. The number of hydrogen-bond acceptors (Lipinski definition) is 6. The minimum absolute atomic E-state index is 0.130. The number of nitro groups is 1. The van der Waals surface area contributed by atoms with Gasteiger partial charge in [-0.05, 0) is 36.4 Å². The highest BCUT2D eigenvalue weighted by Crippen LogP contribution is 2.16. The van der Waals surface area contributed by atoms with Gasteiger partial charge in [-0.3, -0.25) is 19.7 Å². The Morgan fingerprint density at radius 2 is 1.73 bits per heavy atom. The lowest BCUT2D eigenvalue weighted by atomic mass is 10.2. The quantitative estimate of drug-likeness (QED) is 0.246. The van der Waals surface area contributed by atoms with Crippen LogP contribution in [0.4, 0.5) is 17.1 Å². The van der Waals surface area contributed by atoms with E-state index in [-0.39, 0.29) is 16.9 Å². The first-order chi connectivity index (χ1) is 12.4. The number of rotatable bonds is 5. The molecule has 26 heavy (non-hydrogen) atoms. The number of anilines is 2. The van der Waals surface area contributed by atoms with Crippen LogP contribution in [0.5, 0.6) is 0 Å². The highest BCUT2D eigenvalue weighted by molar-refractivity contribution is 6.07. The highest BCUT2D eigenvalue weighted by Gasteiger charge is 2.12. The Labute approximate surface area is 147 Å². The van der Waals surface area contributed by atoms with Crippen molar-refractivity contribution in [3.8, 4) is 6.07 Å². The third-order valence-corrected chi connectivity index (χ3v) is 3.22. The Kier molecular flexibility index (Phi) is 5.63. The van der Waals surface area contributed by atoms with Crippen molar-refractivity contribution in [1.29, 1.82) is 5.26 Å². The Balaban J connectivity index is 2.04. The number of nitrogen functional groups attached to an aromatic ring is 1. The smallest absolute Gasteiger partial charge is 0.269 e. The molecule has 0 aliphatic heterocycles. The van der Waals surface area contributed by atoms with Crippen LogP contribution in [0, 0.1) is 21.4 Å². The molecule has 2 aromatic carbocycles. The van der Waals surface area contributed by atoms with Crippen LogP contribution in [-0.4, -0.2) is 16.7 Å². The summed E-state index contributed by atoms with van der Waals surface area (Å²) in [6.07, 6.45) is 0.986. The summed E-state index contributed by atoms with van der Waals surface area (Å²) in [6.45, 7) is 0. The molecule has 0 aliphatic carbocycles. The second-order valence-electron chi connectivity index (χ2n) is 5.02. The summed E-state index contributed by atoms with van der Waals surface area (Å²) in [5.41, 5.74) is 6.14. The Morgan fingerprint density at radius 3 is 2.27 bits per heavy atom.